The molecule has 86 valence electrons. The molecule has 0 radical (unpaired) electrons. The van der Waals surface area contributed by atoms with E-state index < -0.39 is 0 Å². The Labute approximate surface area is 94.1 Å². The first-order valence-corrected chi connectivity index (χ1v) is 5.57. The Kier molecular flexibility index (Phi) is 2.58. The van der Waals surface area contributed by atoms with Gasteiger partial charge in [-0.25, -0.2) is 5.10 Å². The summed E-state index contributed by atoms with van der Waals surface area (Å²) in [6.45, 7) is 8.30. The Balaban J connectivity index is 2.76. The lowest BCUT2D eigenvalue weighted by Crippen LogP contribution is -2.12. The van der Waals surface area contributed by atoms with Gasteiger partial charge in [0.1, 0.15) is 5.52 Å². The number of fused-ring (bicyclic) bond motifs is 1. The quantitative estimate of drug-likeness (QED) is 0.812. The summed E-state index contributed by atoms with van der Waals surface area (Å²) in [5.41, 5.74) is 3.66. The highest BCUT2D eigenvalue weighted by molar-refractivity contribution is 5.85. The average Bonchev–Trinajstić information content (AvgIpc) is 2.49. The summed E-state index contributed by atoms with van der Waals surface area (Å²) >= 11 is 0. The highest BCUT2D eigenvalue weighted by Gasteiger charge is 2.13. The maximum atomic E-state index is 11.6. The van der Waals surface area contributed by atoms with Gasteiger partial charge in [0.15, 0.2) is 0 Å². The van der Waals surface area contributed by atoms with Crippen molar-refractivity contribution in [3.8, 4) is 0 Å². The number of hydrogen-bond acceptors (Lipinski definition) is 2. The third-order valence-electron chi connectivity index (χ3n) is 2.91. The Hall–Kier alpha value is -1.58. The second-order valence-corrected chi connectivity index (χ2v) is 4.72. The van der Waals surface area contributed by atoms with E-state index in [-0.39, 0.29) is 5.56 Å². The molecule has 0 unspecified atom stereocenters. The summed E-state index contributed by atoms with van der Waals surface area (Å²) in [5, 5.41) is 7.71. The van der Waals surface area contributed by atoms with Crippen molar-refractivity contribution in [1.82, 2.24) is 15.2 Å². The minimum atomic E-state index is -0.140. The van der Waals surface area contributed by atoms with Crippen molar-refractivity contribution in [2.75, 3.05) is 0 Å². The molecule has 4 nitrogen and oxygen atoms in total. The van der Waals surface area contributed by atoms with E-state index in [0.29, 0.717) is 11.4 Å². The zero-order valence-electron chi connectivity index (χ0n) is 10.1. The minimum Gasteiger partial charge on any atom is -0.354 e. The van der Waals surface area contributed by atoms with E-state index >= 15 is 0 Å². The SMILES string of the molecule is Cc1[nH]c2c(=O)[nH]nc(CC(C)C)c2c1C. The molecule has 2 heterocycles. The summed E-state index contributed by atoms with van der Waals surface area (Å²) in [6.07, 6.45) is 0.880. The van der Waals surface area contributed by atoms with Crippen LogP contribution in [-0.2, 0) is 6.42 Å². The van der Waals surface area contributed by atoms with Crippen LogP contribution in [0.15, 0.2) is 4.79 Å². The molecule has 16 heavy (non-hydrogen) atoms. The van der Waals surface area contributed by atoms with E-state index in [4.69, 9.17) is 0 Å². The van der Waals surface area contributed by atoms with Crippen LogP contribution in [0.1, 0.15) is 30.8 Å². The molecule has 2 N–H and O–H groups in total. The highest BCUT2D eigenvalue weighted by atomic mass is 16.1. The number of rotatable bonds is 2. The van der Waals surface area contributed by atoms with Gasteiger partial charge in [-0.2, -0.15) is 5.10 Å². The van der Waals surface area contributed by atoms with E-state index in [1.165, 1.54) is 0 Å². The molecule has 0 aromatic carbocycles. The van der Waals surface area contributed by atoms with Crippen molar-refractivity contribution in [2.45, 2.75) is 34.1 Å². The van der Waals surface area contributed by atoms with Crippen LogP contribution in [-0.4, -0.2) is 15.2 Å². The van der Waals surface area contributed by atoms with Gasteiger partial charge in [0.2, 0.25) is 0 Å². The van der Waals surface area contributed by atoms with E-state index in [9.17, 15) is 4.79 Å². The van der Waals surface area contributed by atoms with Gasteiger partial charge in [-0.05, 0) is 31.7 Å². The van der Waals surface area contributed by atoms with Crippen LogP contribution in [0.25, 0.3) is 10.9 Å². The fraction of sp³-hybridized carbons (Fsp3) is 0.500. The number of aryl methyl sites for hydroxylation is 2. The standard InChI is InChI=1S/C12H17N3O/c1-6(2)5-9-10-7(3)8(4)13-11(10)12(16)15-14-9/h6,13H,5H2,1-4H3,(H,15,16). The largest absolute Gasteiger partial charge is 0.354 e. The van der Waals surface area contributed by atoms with Crippen LogP contribution in [0, 0.1) is 19.8 Å². The predicted molar refractivity (Wildman–Crippen MR) is 64.7 cm³/mol. The summed E-state index contributed by atoms with van der Waals surface area (Å²) in [7, 11) is 0. The molecule has 0 aliphatic heterocycles. The van der Waals surface area contributed by atoms with Gasteiger partial charge in [-0.1, -0.05) is 13.8 Å². The molecule has 0 saturated carbocycles. The van der Waals surface area contributed by atoms with Crippen molar-refractivity contribution in [2.24, 2.45) is 5.92 Å². The van der Waals surface area contributed by atoms with Gasteiger partial charge in [-0.3, -0.25) is 4.79 Å². The number of nitrogens with zero attached hydrogens (tertiary/aromatic N) is 1. The van der Waals surface area contributed by atoms with Crippen molar-refractivity contribution >= 4 is 10.9 Å². The minimum absolute atomic E-state index is 0.140. The third kappa shape index (κ3) is 1.64. The topological polar surface area (TPSA) is 61.5 Å². The molecule has 0 amide bonds. The normalized spacial score (nSPS) is 11.6. The lowest BCUT2D eigenvalue weighted by molar-refractivity contribution is 0.631. The van der Waals surface area contributed by atoms with Crippen LogP contribution in [0.3, 0.4) is 0 Å². The predicted octanol–water partition coefficient (Wildman–Crippen LogP) is 2.07. The van der Waals surface area contributed by atoms with Crippen LogP contribution >= 0.6 is 0 Å². The van der Waals surface area contributed by atoms with Gasteiger partial charge in [0.25, 0.3) is 5.56 Å². The van der Waals surface area contributed by atoms with E-state index in [2.05, 4.69) is 29.0 Å². The lowest BCUT2D eigenvalue weighted by Gasteiger charge is -2.05. The number of aromatic amines is 2. The van der Waals surface area contributed by atoms with Gasteiger partial charge in [0.05, 0.1) is 5.69 Å². The maximum absolute atomic E-state index is 11.6. The fourth-order valence-corrected chi connectivity index (χ4v) is 2.01. The highest BCUT2D eigenvalue weighted by Crippen LogP contribution is 2.22. The molecule has 2 aromatic heterocycles. The second kappa shape index (κ2) is 3.77. The van der Waals surface area contributed by atoms with E-state index in [1.54, 1.807) is 0 Å². The first kappa shape index (κ1) is 10.9. The molecular weight excluding hydrogens is 202 g/mol. The summed E-state index contributed by atoms with van der Waals surface area (Å²) in [6, 6.07) is 0. The van der Waals surface area contributed by atoms with Crippen LogP contribution in [0.4, 0.5) is 0 Å². The number of hydrogen-bond donors (Lipinski definition) is 2. The van der Waals surface area contributed by atoms with Crippen molar-refractivity contribution in [3.63, 3.8) is 0 Å². The molecule has 0 aliphatic rings. The fourth-order valence-electron chi connectivity index (χ4n) is 2.01. The van der Waals surface area contributed by atoms with Crippen LogP contribution in [0.5, 0.6) is 0 Å². The first-order chi connectivity index (χ1) is 7.50. The molecular formula is C12H17N3O. The summed E-state index contributed by atoms with van der Waals surface area (Å²) < 4.78 is 0. The number of nitrogens with one attached hydrogen (secondary N) is 2. The van der Waals surface area contributed by atoms with Gasteiger partial charge in [-0.15, -0.1) is 0 Å². The van der Waals surface area contributed by atoms with E-state index in [0.717, 1.165) is 28.8 Å². The zero-order chi connectivity index (χ0) is 11.9. The average molecular weight is 219 g/mol. The number of aromatic nitrogens is 3. The van der Waals surface area contributed by atoms with E-state index in [1.807, 2.05) is 13.8 Å². The van der Waals surface area contributed by atoms with Crippen LogP contribution in [0.2, 0.25) is 0 Å². The Morgan fingerprint density at radius 3 is 2.62 bits per heavy atom. The van der Waals surface area contributed by atoms with Crippen molar-refractivity contribution in [1.29, 1.82) is 0 Å². The lowest BCUT2D eigenvalue weighted by atomic mass is 10.0. The molecule has 0 spiro atoms. The molecule has 0 bridgehead atoms. The van der Waals surface area contributed by atoms with Crippen molar-refractivity contribution < 1.29 is 0 Å². The molecule has 4 heteroatoms. The molecule has 0 atom stereocenters. The van der Waals surface area contributed by atoms with Gasteiger partial charge in [0, 0.05) is 11.1 Å². The summed E-state index contributed by atoms with van der Waals surface area (Å²) in [4.78, 5) is 14.8. The molecule has 2 rings (SSSR count). The third-order valence-corrected chi connectivity index (χ3v) is 2.91. The maximum Gasteiger partial charge on any atom is 0.288 e. The monoisotopic (exact) mass is 219 g/mol. The molecule has 0 fully saturated rings. The Bertz CT molecular complexity index is 578. The zero-order valence-corrected chi connectivity index (χ0v) is 10.1. The van der Waals surface area contributed by atoms with Crippen molar-refractivity contribution in [3.05, 3.63) is 27.3 Å². The Morgan fingerprint density at radius 2 is 2.00 bits per heavy atom. The first-order valence-electron chi connectivity index (χ1n) is 5.57. The molecule has 0 saturated heterocycles. The number of H-pyrrole nitrogens is 2. The molecule has 2 aromatic rings. The Morgan fingerprint density at radius 1 is 1.31 bits per heavy atom. The smallest absolute Gasteiger partial charge is 0.288 e. The second-order valence-electron chi connectivity index (χ2n) is 4.72. The van der Waals surface area contributed by atoms with Gasteiger partial charge < -0.3 is 4.98 Å². The van der Waals surface area contributed by atoms with Crippen LogP contribution < -0.4 is 5.56 Å². The molecule has 0 aliphatic carbocycles. The van der Waals surface area contributed by atoms with Gasteiger partial charge >= 0.3 is 0 Å². The summed E-state index contributed by atoms with van der Waals surface area (Å²) in [5.74, 6) is 0.524.